The predicted molar refractivity (Wildman–Crippen MR) is 108 cm³/mol. The number of ether oxygens (including phenoxy) is 1. The van der Waals surface area contributed by atoms with Gasteiger partial charge in [0.05, 0.1) is 19.3 Å². The van der Waals surface area contributed by atoms with Crippen molar-refractivity contribution in [2.24, 2.45) is 0 Å². The van der Waals surface area contributed by atoms with Gasteiger partial charge in [-0.25, -0.2) is 0 Å². The number of β-amino-alcohol motifs (C(OH)–C–C–N with tert-alkyl or cyclic N) is 1. The summed E-state index contributed by atoms with van der Waals surface area (Å²) < 4.78 is 5.76. The van der Waals surface area contributed by atoms with E-state index in [-0.39, 0.29) is 24.8 Å². The maximum Gasteiger partial charge on any atom is 0.273 e. The zero-order valence-electron chi connectivity index (χ0n) is 16.1. The lowest BCUT2D eigenvalue weighted by molar-refractivity contribution is 0.0706. The summed E-state index contributed by atoms with van der Waals surface area (Å²) in [7, 11) is 0. The van der Waals surface area contributed by atoms with Crippen molar-refractivity contribution in [1.29, 1.82) is 0 Å². The number of phenols is 1. The van der Waals surface area contributed by atoms with Crippen LogP contribution in [0.1, 0.15) is 41.0 Å². The number of hydrogen-bond acceptors (Lipinski definition) is 5. The van der Waals surface area contributed by atoms with Gasteiger partial charge in [0.25, 0.3) is 5.91 Å². The molecule has 1 aliphatic heterocycles. The van der Waals surface area contributed by atoms with Gasteiger partial charge in [0.15, 0.2) is 0 Å². The number of aliphatic hydroxyl groups excluding tert-OH is 1. The normalized spacial score (nSPS) is 15.6. The number of carbonyl (C=O) groups is 1. The van der Waals surface area contributed by atoms with Crippen LogP contribution in [0.25, 0.3) is 11.3 Å². The molecule has 0 saturated heterocycles. The summed E-state index contributed by atoms with van der Waals surface area (Å²) in [6, 6.07) is 14.1. The van der Waals surface area contributed by atoms with Crippen LogP contribution in [0.15, 0.2) is 48.5 Å². The fraction of sp³-hybridized carbons (Fsp3) is 0.273. The van der Waals surface area contributed by atoms with E-state index in [2.05, 4.69) is 10.2 Å². The Bertz CT molecular complexity index is 1030. The highest BCUT2D eigenvalue weighted by Gasteiger charge is 2.42. The number of rotatable bonds is 7. The van der Waals surface area contributed by atoms with E-state index in [0.717, 1.165) is 17.7 Å². The number of hydrogen-bond donors (Lipinski definition) is 3. The number of benzene rings is 2. The molecule has 1 aliphatic rings. The summed E-state index contributed by atoms with van der Waals surface area (Å²) in [6.45, 7) is 2.68. The minimum atomic E-state index is -0.441. The number of fused-ring (bicyclic) bond motifs is 1. The Morgan fingerprint density at radius 1 is 1.21 bits per heavy atom. The van der Waals surface area contributed by atoms with Crippen molar-refractivity contribution in [1.82, 2.24) is 15.1 Å². The second-order valence-corrected chi connectivity index (χ2v) is 6.92. The smallest absolute Gasteiger partial charge is 0.273 e. The van der Waals surface area contributed by atoms with Crippen molar-refractivity contribution in [2.45, 2.75) is 19.4 Å². The maximum absolute atomic E-state index is 13.0. The fourth-order valence-electron chi connectivity index (χ4n) is 3.76. The quantitative estimate of drug-likeness (QED) is 0.573. The molecule has 0 unspecified atom stereocenters. The van der Waals surface area contributed by atoms with E-state index in [1.807, 2.05) is 37.3 Å². The average molecular weight is 393 g/mol. The van der Waals surface area contributed by atoms with E-state index < -0.39 is 6.04 Å². The third kappa shape index (κ3) is 3.34. The monoisotopic (exact) mass is 393 g/mol. The highest BCUT2D eigenvalue weighted by Crippen LogP contribution is 2.44. The number of nitrogens with one attached hydrogen (secondary N) is 1. The molecular formula is C22H23N3O4. The second kappa shape index (κ2) is 7.97. The van der Waals surface area contributed by atoms with Crippen molar-refractivity contribution < 1.29 is 19.7 Å². The van der Waals surface area contributed by atoms with Crippen molar-refractivity contribution >= 4 is 5.91 Å². The van der Waals surface area contributed by atoms with Crippen LogP contribution in [0.4, 0.5) is 0 Å². The largest absolute Gasteiger partial charge is 0.507 e. The Hall–Kier alpha value is -3.32. The Morgan fingerprint density at radius 3 is 2.79 bits per heavy atom. The summed E-state index contributed by atoms with van der Waals surface area (Å²) in [6.07, 6.45) is 0.895. The molecule has 4 rings (SSSR count). The van der Waals surface area contributed by atoms with E-state index in [0.29, 0.717) is 29.1 Å². The zero-order valence-corrected chi connectivity index (χ0v) is 16.1. The maximum atomic E-state index is 13.0. The van der Waals surface area contributed by atoms with Gasteiger partial charge in [0.1, 0.15) is 22.9 Å². The molecule has 1 amide bonds. The molecule has 0 fully saturated rings. The molecule has 2 heterocycles. The Balaban J connectivity index is 1.84. The SMILES string of the molecule is CCCOc1cccc([C@@H]2c3c(-c4ccccc4O)n[nH]c3C(=O)N2CCO)c1. The molecule has 2 aromatic carbocycles. The molecule has 7 nitrogen and oxygen atoms in total. The van der Waals surface area contributed by atoms with Crippen LogP contribution in [0, 0.1) is 0 Å². The first-order valence-corrected chi connectivity index (χ1v) is 9.67. The first-order valence-electron chi connectivity index (χ1n) is 9.67. The predicted octanol–water partition coefficient (Wildman–Crippen LogP) is 3.11. The number of carbonyl (C=O) groups excluding carboxylic acids is 1. The van der Waals surface area contributed by atoms with Gasteiger partial charge in [-0.15, -0.1) is 0 Å². The van der Waals surface area contributed by atoms with Gasteiger partial charge in [-0.1, -0.05) is 31.2 Å². The van der Waals surface area contributed by atoms with Gasteiger partial charge in [0, 0.05) is 17.7 Å². The first-order chi connectivity index (χ1) is 14.2. The van der Waals surface area contributed by atoms with Crippen LogP contribution >= 0.6 is 0 Å². The Morgan fingerprint density at radius 2 is 2.03 bits per heavy atom. The number of H-pyrrole nitrogens is 1. The lowest BCUT2D eigenvalue weighted by atomic mass is 9.95. The van der Waals surface area contributed by atoms with E-state index in [1.54, 1.807) is 23.1 Å². The van der Waals surface area contributed by atoms with Gasteiger partial charge >= 0.3 is 0 Å². The van der Waals surface area contributed by atoms with Gasteiger partial charge in [-0.2, -0.15) is 5.10 Å². The van der Waals surface area contributed by atoms with Crippen LogP contribution in [-0.2, 0) is 0 Å². The van der Waals surface area contributed by atoms with Crippen LogP contribution < -0.4 is 4.74 Å². The molecule has 0 spiro atoms. The average Bonchev–Trinajstić information content (AvgIpc) is 3.27. The van der Waals surface area contributed by atoms with E-state index in [4.69, 9.17) is 4.74 Å². The molecule has 0 aliphatic carbocycles. The third-order valence-electron chi connectivity index (χ3n) is 5.01. The molecule has 1 aromatic heterocycles. The van der Waals surface area contributed by atoms with Gasteiger partial charge in [-0.05, 0) is 36.2 Å². The highest BCUT2D eigenvalue weighted by molar-refractivity contribution is 6.00. The van der Waals surface area contributed by atoms with Gasteiger partial charge < -0.3 is 19.8 Å². The molecule has 7 heteroatoms. The molecule has 0 bridgehead atoms. The standard InChI is InChI=1S/C22H23N3O4/c1-2-12-29-15-7-5-6-14(13-15)21-18-19(16-8-3-4-9-17(16)27)23-24-20(18)22(28)25(21)10-11-26/h3-9,13,21,26-27H,2,10-12H2,1H3,(H,23,24)/t21-/m1/s1. The van der Waals surface area contributed by atoms with Crippen molar-refractivity contribution in [3.8, 4) is 22.8 Å². The number of aliphatic hydroxyl groups is 1. The number of nitrogens with zero attached hydrogens (tertiary/aromatic N) is 2. The number of aromatic hydroxyl groups is 1. The van der Waals surface area contributed by atoms with E-state index in [1.165, 1.54) is 0 Å². The van der Waals surface area contributed by atoms with Crippen LogP contribution in [-0.4, -0.2) is 51.0 Å². The van der Waals surface area contributed by atoms with Gasteiger partial charge in [0.2, 0.25) is 0 Å². The fourth-order valence-corrected chi connectivity index (χ4v) is 3.76. The molecule has 1 atom stereocenters. The van der Waals surface area contributed by atoms with E-state index in [9.17, 15) is 15.0 Å². The lowest BCUT2D eigenvalue weighted by Crippen LogP contribution is -2.32. The Labute approximate surface area is 168 Å². The number of aromatic amines is 1. The lowest BCUT2D eigenvalue weighted by Gasteiger charge is -2.26. The molecule has 150 valence electrons. The van der Waals surface area contributed by atoms with Crippen molar-refractivity contribution in [3.63, 3.8) is 0 Å². The topological polar surface area (TPSA) is 98.7 Å². The highest BCUT2D eigenvalue weighted by atomic mass is 16.5. The van der Waals surface area contributed by atoms with Crippen LogP contribution in [0.3, 0.4) is 0 Å². The number of amides is 1. The Kier molecular flexibility index (Phi) is 5.22. The summed E-state index contributed by atoms with van der Waals surface area (Å²) >= 11 is 0. The molecule has 3 aromatic rings. The molecular weight excluding hydrogens is 370 g/mol. The second-order valence-electron chi connectivity index (χ2n) is 6.92. The first kappa shape index (κ1) is 19.0. The number of para-hydroxylation sites is 1. The van der Waals surface area contributed by atoms with Crippen molar-refractivity contribution in [2.75, 3.05) is 19.8 Å². The minimum Gasteiger partial charge on any atom is -0.507 e. The van der Waals surface area contributed by atoms with E-state index >= 15 is 0 Å². The number of aromatic nitrogens is 2. The van der Waals surface area contributed by atoms with Crippen LogP contribution in [0.2, 0.25) is 0 Å². The van der Waals surface area contributed by atoms with Crippen LogP contribution in [0.5, 0.6) is 11.5 Å². The zero-order chi connectivity index (χ0) is 20.4. The summed E-state index contributed by atoms with van der Waals surface area (Å²) in [5, 5.41) is 27.0. The minimum absolute atomic E-state index is 0.0913. The summed E-state index contributed by atoms with van der Waals surface area (Å²) in [4.78, 5) is 14.6. The molecule has 0 saturated carbocycles. The van der Waals surface area contributed by atoms with Crippen molar-refractivity contribution in [3.05, 3.63) is 65.4 Å². The summed E-state index contributed by atoms with van der Waals surface area (Å²) in [5.74, 6) is 0.587. The summed E-state index contributed by atoms with van der Waals surface area (Å²) in [5.41, 5.74) is 3.00. The molecule has 3 N–H and O–H groups in total. The third-order valence-corrected chi connectivity index (χ3v) is 5.01. The number of phenolic OH excluding ortho intramolecular Hbond substituents is 1. The molecule has 0 radical (unpaired) electrons. The molecule has 29 heavy (non-hydrogen) atoms. The van der Waals surface area contributed by atoms with Gasteiger partial charge in [-0.3, -0.25) is 9.89 Å².